The maximum atomic E-state index is 12.0. The molecule has 0 aliphatic heterocycles. The Hall–Kier alpha value is -0.680. The highest BCUT2D eigenvalue weighted by atomic mass is 127. The van der Waals surface area contributed by atoms with Crippen LogP contribution in [-0.4, -0.2) is 43.8 Å². The molecule has 0 bridgehead atoms. The molecule has 0 heterocycles. The number of alkyl halides is 3. The van der Waals surface area contributed by atoms with Crippen LogP contribution in [0.3, 0.4) is 0 Å². The third kappa shape index (κ3) is 12.3. The Morgan fingerprint density at radius 1 is 1.16 bits per heavy atom. The van der Waals surface area contributed by atoms with E-state index in [0.29, 0.717) is 12.1 Å². The smallest absolute Gasteiger partial charge is 0.367 e. The van der Waals surface area contributed by atoms with E-state index in [9.17, 15) is 13.2 Å². The maximum absolute atomic E-state index is 12.0. The van der Waals surface area contributed by atoms with Crippen LogP contribution in [0.25, 0.3) is 0 Å². The SMILES string of the molecule is CCNC(=NCc1ccc(COCC(F)(F)F)cc1)NCCSC.I. The number of benzene rings is 1. The molecule has 1 rings (SSSR count). The van der Waals surface area contributed by atoms with Gasteiger partial charge in [0.25, 0.3) is 0 Å². The highest BCUT2D eigenvalue weighted by Gasteiger charge is 2.27. The standard InChI is InChI=1S/C16H24F3N3OS.HI/c1-3-20-15(21-8-9-24-2)22-10-13-4-6-14(7-5-13)11-23-12-16(17,18)19;/h4-7H,3,8-12H2,1-2H3,(H2,20,21,22);1H. The van der Waals surface area contributed by atoms with Gasteiger partial charge in [-0.15, -0.1) is 24.0 Å². The summed E-state index contributed by atoms with van der Waals surface area (Å²) in [6.45, 7) is 2.83. The number of guanidine groups is 1. The van der Waals surface area contributed by atoms with Crippen LogP contribution in [0.5, 0.6) is 0 Å². The number of thioether (sulfide) groups is 1. The van der Waals surface area contributed by atoms with E-state index < -0.39 is 12.8 Å². The third-order valence-electron chi connectivity index (χ3n) is 2.92. The summed E-state index contributed by atoms with van der Waals surface area (Å²) in [5, 5.41) is 6.41. The summed E-state index contributed by atoms with van der Waals surface area (Å²) in [4.78, 5) is 4.48. The van der Waals surface area contributed by atoms with Crippen LogP contribution in [0, 0.1) is 0 Å². The zero-order valence-corrected chi connectivity index (χ0v) is 17.5. The Morgan fingerprint density at radius 2 is 1.80 bits per heavy atom. The number of nitrogens with zero attached hydrogens (tertiary/aromatic N) is 1. The zero-order chi connectivity index (χ0) is 17.8. The van der Waals surface area contributed by atoms with Crippen molar-refractivity contribution in [3.05, 3.63) is 35.4 Å². The number of hydrogen-bond donors (Lipinski definition) is 2. The highest BCUT2D eigenvalue weighted by Crippen LogP contribution is 2.16. The molecule has 4 nitrogen and oxygen atoms in total. The lowest BCUT2D eigenvalue weighted by Gasteiger charge is -2.11. The predicted octanol–water partition coefficient (Wildman–Crippen LogP) is 3.80. The normalized spacial score (nSPS) is 11.8. The first-order chi connectivity index (χ1) is 11.4. The molecule has 9 heteroatoms. The first kappa shape index (κ1) is 24.3. The van der Waals surface area contributed by atoms with Gasteiger partial charge in [0, 0.05) is 18.8 Å². The first-order valence-corrected chi connectivity index (χ1v) is 9.07. The van der Waals surface area contributed by atoms with Gasteiger partial charge in [-0.2, -0.15) is 24.9 Å². The van der Waals surface area contributed by atoms with E-state index in [4.69, 9.17) is 0 Å². The van der Waals surface area contributed by atoms with Crippen molar-refractivity contribution in [1.29, 1.82) is 0 Å². The van der Waals surface area contributed by atoms with Crippen molar-refractivity contribution in [2.45, 2.75) is 26.3 Å². The molecular weight excluding hydrogens is 466 g/mol. The molecule has 0 fully saturated rings. The second-order valence-corrected chi connectivity index (χ2v) is 6.02. The summed E-state index contributed by atoms with van der Waals surface area (Å²) in [6, 6.07) is 7.22. The van der Waals surface area contributed by atoms with Gasteiger partial charge in [0.1, 0.15) is 6.61 Å². The van der Waals surface area contributed by atoms with Crippen LogP contribution >= 0.6 is 35.7 Å². The number of ether oxygens (including phenoxy) is 1. The van der Waals surface area contributed by atoms with Crippen LogP contribution in [0.1, 0.15) is 18.1 Å². The monoisotopic (exact) mass is 491 g/mol. The van der Waals surface area contributed by atoms with Crippen molar-refractivity contribution >= 4 is 41.7 Å². The minimum atomic E-state index is -4.29. The fourth-order valence-electron chi connectivity index (χ4n) is 1.81. The molecule has 1 aromatic rings. The van der Waals surface area contributed by atoms with Gasteiger partial charge in [0.2, 0.25) is 0 Å². The Bertz CT molecular complexity index is 498. The number of aliphatic imine (C=N–C) groups is 1. The molecule has 1 aromatic carbocycles. The van der Waals surface area contributed by atoms with E-state index in [1.54, 1.807) is 23.9 Å². The van der Waals surface area contributed by atoms with Crippen LogP contribution in [-0.2, 0) is 17.9 Å². The highest BCUT2D eigenvalue weighted by molar-refractivity contribution is 14.0. The molecule has 0 saturated heterocycles. The van der Waals surface area contributed by atoms with Gasteiger partial charge in [0.05, 0.1) is 13.2 Å². The summed E-state index contributed by atoms with van der Waals surface area (Å²) in [6.07, 6.45) is -2.24. The van der Waals surface area contributed by atoms with E-state index in [1.807, 2.05) is 25.3 Å². The predicted molar refractivity (Wildman–Crippen MR) is 109 cm³/mol. The average molecular weight is 491 g/mol. The molecule has 0 atom stereocenters. The topological polar surface area (TPSA) is 45.7 Å². The largest absolute Gasteiger partial charge is 0.411 e. The molecule has 0 amide bonds. The number of hydrogen-bond acceptors (Lipinski definition) is 3. The molecule has 0 spiro atoms. The van der Waals surface area contributed by atoms with Crippen molar-refractivity contribution in [3.8, 4) is 0 Å². The molecule has 0 aliphatic rings. The van der Waals surface area contributed by atoms with Crippen molar-refractivity contribution in [1.82, 2.24) is 10.6 Å². The fourth-order valence-corrected chi connectivity index (χ4v) is 2.12. The molecule has 0 aliphatic carbocycles. The van der Waals surface area contributed by atoms with Gasteiger partial charge in [-0.1, -0.05) is 24.3 Å². The Kier molecular flexibility index (Phi) is 13.1. The summed E-state index contributed by atoms with van der Waals surface area (Å²) in [5.74, 6) is 1.75. The average Bonchev–Trinajstić information content (AvgIpc) is 2.53. The Morgan fingerprint density at radius 3 is 2.36 bits per heavy atom. The van der Waals surface area contributed by atoms with Crippen molar-refractivity contribution in [2.24, 2.45) is 4.99 Å². The van der Waals surface area contributed by atoms with Crippen LogP contribution in [0.4, 0.5) is 13.2 Å². The fraction of sp³-hybridized carbons (Fsp3) is 0.562. The van der Waals surface area contributed by atoms with E-state index in [-0.39, 0.29) is 30.6 Å². The summed E-state index contributed by atoms with van der Waals surface area (Å²) < 4.78 is 40.7. The molecule has 0 unspecified atom stereocenters. The van der Waals surface area contributed by atoms with Crippen LogP contribution in [0.2, 0.25) is 0 Å². The molecule has 0 radical (unpaired) electrons. The lowest BCUT2D eigenvalue weighted by molar-refractivity contribution is -0.176. The van der Waals surface area contributed by atoms with Gasteiger partial charge in [-0.05, 0) is 24.3 Å². The summed E-state index contributed by atoms with van der Waals surface area (Å²) >= 11 is 1.76. The van der Waals surface area contributed by atoms with Gasteiger partial charge >= 0.3 is 6.18 Å². The van der Waals surface area contributed by atoms with Gasteiger partial charge in [0.15, 0.2) is 5.96 Å². The van der Waals surface area contributed by atoms with Gasteiger partial charge in [-0.3, -0.25) is 0 Å². The summed E-state index contributed by atoms with van der Waals surface area (Å²) in [5.41, 5.74) is 1.69. The van der Waals surface area contributed by atoms with Crippen molar-refractivity contribution < 1.29 is 17.9 Å². The number of nitrogens with one attached hydrogen (secondary N) is 2. The summed E-state index contributed by atoms with van der Waals surface area (Å²) in [7, 11) is 0. The van der Waals surface area contributed by atoms with E-state index in [1.165, 1.54) is 0 Å². The third-order valence-corrected chi connectivity index (χ3v) is 3.53. The molecule has 25 heavy (non-hydrogen) atoms. The quantitative estimate of drug-likeness (QED) is 0.239. The van der Waals surface area contributed by atoms with Gasteiger partial charge < -0.3 is 15.4 Å². The van der Waals surface area contributed by atoms with E-state index >= 15 is 0 Å². The number of halogens is 4. The van der Waals surface area contributed by atoms with Crippen molar-refractivity contribution in [2.75, 3.05) is 31.7 Å². The van der Waals surface area contributed by atoms with Crippen LogP contribution < -0.4 is 10.6 Å². The van der Waals surface area contributed by atoms with Crippen LogP contribution in [0.15, 0.2) is 29.3 Å². The van der Waals surface area contributed by atoms with Gasteiger partial charge in [-0.25, -0.2) is 4.99 Å². The number of rotatable bonds is 9. The Labute approximate surface area is 168 Å². The second-order valence-electron chi connectivity index (χ2n) is 5.04. The minimum Gasteiger partial charge on any atom is -0.367 e. The molecule has 0 saturated carbocycles. The molecule has 0 aromatic heterocycles. The molecule has 144 valence electrons. The minimum absolute atomic E-state index is 0. The Balaban J connectivity index is 0.00000576. The van der Waals surface area contributed by atoms with E-state index in [0.717, 1.165) is 30.4 Å². The lowest BCUT2D eigenvalue weighted by Crippen LogP contribution is -2.38. The first-order valence-electron chi connectivity index (χ1n) is 7.68. The second kappa shape index (κ2) is 13.5. The van der Waals surface area contributed by atoms with E-state index in [2.05, 4.69) is 20.4 Å². The molecule has 2 N–H and O–H groups in total. The molecular formula is C16H25F3IN3OS. The maximum Gasteiger partial charge on any atom is 0.411 e. The lowest BCUT2D eigenvalue weighted by atomic mass is 10.1. The van der Waals surface area contributed by atoms with Crippen molar-refractivity contribution in [3.63, 3.8) is 0 Å². The zero-order valence-electron chi connectivity index (χ0n) is 14.4.